The van der Waals surface area contributed by atoms with Gasteiger partial charge in [-0.25, -0.2) is 9.97 Å². The first-order chi connectivity index (χ1) is 10.2. The molecule has 6 nitrogen and oxygen atoms in total. The first-order valence-electron chi connectivity index (χ1n) is 7.02. The van der Waals surface area contributed by atoms with Gasteiger partial charge in [0.15, 0.2) is 0 Å². The van der Waals surface area contributed by atoms with Crippen LogP contribution < -0.4 is 5.73 Å². The average molecular weight is 283 g/mol. The van der Waals surface area contributed by atoms with Crippen LogP contribution in [-0.2, 0) is 0 Å². The molecule has 21 heavy (non-hydrogen) atoms. The lowest BCUT2D eigenvalue weighted by molar-refractivity contribution is 0.0706. The monoisotopic (exact) mass is 283 g/mol. The predicted molar refractivity (Wildman–Crippen MR) is 78.6 cm³/mol. The second-order valence-electron chi connectivity index (χ2n) is 5.17. The van der Waals surface area contributed by atoms with Crippen LogP contribution in [0.4, 0.5) is 5.95 Å². The Balaban J connectivity index is 1.75. The molecule has 2 aromatic heterocycles. The smallest absolute Gasteiger partial charge is 0.253 e. The second kappa shape index (κ2) is 5.87. The molecule has 1 aliphatic heterocycles. The van der Waals surface area contributed by atoms with Crippen LogP contribution in [0.5, 0.6) is 0 Å². The van der Waals surface area contributed by atoms with E-state index in [2.05, 4.69) is 15.0 Å². The molecule has 2 aromatic rings. The maximum Gasteiger partial charge on any atom is 0.253 e. The summed E-state index contributed by atoms with van der Waals surface area (Å²) in [5.74, 6) is 0.545. The first-order valence-corrected chi connectivity index (χ1v) is 7.02. The molecule has 0 bridgehead atoms. The molecule has 3 heterocycles. The van der Waals surface area contributed by atoms with E-state index >= 15 is 0 Å². The summed E-state index contributed by atoms with van der Waals surface area (Å²) in [4.78, 5) is 26.5. The predicted octanol–water partition coefficient (Wildman–Crippen LogP) is 1.47. The van der Waals surface area contributed by atoms with E-state index < -0.39 is 0 Å². The van der Waals surface area contributed by atoms with Gasteiger partial charge in [0, 0.05) is 43.2 Å². The number of aromatic nitrogens is 3. The molecular weight excluding hydrogens is 266 g/mol. The lowest BCUT2D eigenvalue weighted by Crippen LogP contribution is -2.39. The van der Waals surface area contributed by atoms with E-state index in [9.17, 15) is 4.79 Å². The van der Waals surface area contributed by atoms with Gasteiger partial charge in [-0.3, -0.25) is 9.78 Å². The van der Waals surface area contributed by atoms with Crippen LogP contribution in [-0.4, -0.2) is 38.8 Å². The van der Waals surface area contributed by atoms with E-state index in [1.54, 1.807) is 30.7 Å². The lowest BCUT2D eigenvalue weighted by Gasteiger charge is -2.32. The molecule has 0 spiro atoms. The Morgan fingerprint density at radius 2 is 2.05 bits per heavy atom. The van der Waals surface area contributed by atoms with E-state index in [0.29, 0.717) is 12.1 Å². The zero-order chi connectivity index (χ0) is 14.7. The summed E-state index contributed by atoms with van der Waals surface area (Å²) in [6.45, 7) is 1.44. The van der Waals surface area contributed by atoms with Gasteiger partial charge in [0.2, 0.25) is 5.95 Å². The maximum atomic E-state index is 12.5. The van der Waals surface area contributed by atoms with Crippen LogP contribution in [0.3, 0.4) is 0 Å². The third kappa shape index (κ3) is 2.99. The highest BCUT2D eigenvalue weighted by molar-refractivity contribution is 5.94. The Hall–Kier alpha value is -2.50. The molecule has 3 rings (SSSR count). The Morgan fingerprint density at radius 1 is 1.24 bits per heavy atom. The van der Waals surface area contributed by atoms with Crippen molar-refractivity contribution in [3.05, 3.63) is 48.0 Å². The molecule has 1 amide bonds. The van der Waals surface area contributed by atoms with Crippen molar-refractivity contribution in [3.8, 4) is 0 Å². The zero-order valence-corrected chi connectivity index (χ0v) is 11.6. The quantitative estimate of drug-likeness (QED) is 0.902. The molecular formula is C15H17N5O. The molecule has 1 aliphatic rings. The van der Waals surface area contributed by atoms with Crippen LogP contribution in [0.2, 0.25) is 0 Å². The van der Waals surface area contributed by atoms with E-state index in [0.717, 1.165) is 25.1 Å². The molecule has 6 heteroatoms. The topological polar surface area (TPSA) is 85.0 Å². The van der Waals surface area contributed by atoms with Gasteiger partial charge in [0.1, 0.15) is 0 Å². The minimum absolute atomic E-state index is 0.0455. The number of hydrogen-bond donors (Lipinski definition) is 1. The molecule has 1 fully saturated rings. The normalized spacial score (nSPS) is 18.5. The Morgan fingerprint density at radius 3 is 2.81 bits per heavy atom. The summed E-state index contributed by atoms with van der Waals surface area (Å²) in [6.07, 6.45) is 6.92. The second-order valence-corrected chi connectivity index (χ2v) is 5.17. The van der Waals surface area contributed by atoms with Gasteiger partial charge >= 0.3 is 0 Å². The summed E-state index contributed by atoms with van der Waals surface area (Å²) < 4.78 is 0. The van der Waals surface area contributed by atoms with Crippen molar-refractivity contribution in [2.24, 2.45) is 0 Å². The number of carbonyl (C=O) groups is 1. The molecule has 0 aromatic carbocycles. The van der Waals surface area contributed by atoms with Gasteiger partial charge in [0.25, 0.3) is 5.91 Å². The number of amides is 1. The zero-order valence-electron chi connectivity index (χ0n) is 11.6. The Kier molecular flexibility index (Phi) is 3.77. The fourth-order valence-electron chi connectivity index (χ4n) is 2.70. The number of hydrogen-bond acceptors (Lipinski definition) is 5. The van der Waals surface area contributed by atoms with Gasteiger partial charge in [-0.1, -0.05) is 0 Å². The number of pyridine rings is 1. The van der Waals surface area contributed by atoms with Crippen LogP contribution in [0.25, 0.3) is 0 Å². The van der Waals surface area contributed by atoms with Crippen LogP contribution >= 0.6 is 0 Å². The fourth-order valence-corrected chi connectivity index (χ4v) is 2.70. The van der Waals surface area contributed by atoms with Crippen LogP contribution in [0.15, 0.2) is 36.8 Å². The number of nitrogen functional groups attached to an aromatic ring is 1. The Labute approximate surface area is 123 Å². The molecule has 1 saturated heterocycles. The maximum absolute atomic E-state index is 12.5. The molecule has 1 atom stereocenters. The van der Waals surface area contributed by atoms with Crippen LogP contribution in [0, 0.1) is 0 Å². The standard InChI is InChI=1S/C15H17N5O/c16-15-18-8-5-13(19-15)12-2-1-9-20(10-12)14(21)11-3-6-17-7-4-11/h3-8,12H,1-2,9-10H2,(H2,16,18,19)/t12-/m0/s1. The minimum Gasteiger partial charge on any atom is -0.368 e. The van der Waals surface area contributed by atoms with E-state index in [-0.39, 0.29) is 17.8 Å². The van der Waals surface area contributed by atoms with Crippen molar-refractivity contribution < 1.29 is 4.79 Å². The number of anilines is 1. The van der Waals surface area contributed by atoms with Crippen molar-refractivity contribution in [3.63, 3.8) is 0 Å². The van der Waals surface area contributed by atoms with Gasteiger partial charge < -0.3 is 10.6 Å². The summed E-state index contributed by atoms with van der Waals surface area (Å²) in [5, 5.41) is 0. The van der Waals surface area contributed by atoms with E-state index in [1.165, 1.54) is 0 Å². The minimum atomic E-state index is 0.0455. The fraction of sp³-hybridized carbons (Fsp3) is 0.333. The first kappa shape index (κ1) is 13.5. The molecule has 0 radical (unpaired) electrons. The highest BCUT2D eigenvalue weighted by Crippen LogP contribution is 2.26. The van der Waals surface area contributed by atoms with Gasteiger partial charge in [-0.15, -0.1) is 0 Å². The summed E-state index contributed by atoms with van der Waals surface area (Å²) in [7, 11) is 0. The van der Waals surface area contributed by atoms with E-state index in [4.69, 9.17) is 5.73 Å². The SMILES string of the molecule is Nc1nccc([C@H]2CCCN(C(=O)c3ccncc3)C2)n1. The summed E-state index contributed by atoms with van der Waals surface area (Å²) in [5.41, 5.74) is 7.23. The third-order valence-electron chi connectivity index (χ3n) is 3.75. The number of likely N-dealkylation sites (tertiary alicyclic amines) is 1. The van der Waals surface area contributed by atoms with Gasteiger partial charge in [-0.05, 0) is 31.0 Å². The number of nitrogens with two attached hydrogens (primary N) is 1. The van der Waals surface area contributed by atoms with Crippen molar-refractivity contribution in [1.82, 2.24) is 19.9 Å². The van der Waals surface area contributed by atoms with E-state index in [1.807, 2.05) is 11.0 Å². The number of nitrogens with zero attached hydrogens (tertiary/aromatic N) is 4. The van der Waals surface area contributed by atoms with Crippen molar-refractivity contribution in [1.29, 1.82) is 0 Å². The average Bonchev–Trinajstić information content (AvgIpc) is 2.55. The Bertz CT molecular complexity index is 631. The molecule has 0 saturated carbocycles. The molecule has 0 unspecified atom stereocenters. The lowest BCUT2D eigenvalue weighted by atomic mass is 9.94. The third-order valence-corrected chi connectivity index (χ3v) is 3.75. The van der Waals surface area contributed by atoms with Crippen molar-refractivity contribution in [2.45, 2.75) is 18.8 Å². The largest absolute Gasteiger partial charge is 0.368 e. The van der Waals surface area contributed by atoms with Gasteiger partial charge in [0.05, 0.1) is 5.69 Å². The van der Waals surface area contributed by atoms with Crippen molar-refractivity contribution in [2.75, 3.05) is 18.8 Å². The molecule has 0 aliphatic carbocycles. The van der Waals surface area contributed by atoms with Gasteiger partial charge in [-0.2, -0.15) is 0 Å². The molecule has 108 valence electrons. The van der Waals surface area contributed by atoms with Crippen molar-refractivity contribution >= 4 is 11.9 Å². The summed E-state index contributed by atoms with van der Waals surface area (Å²) in [6, 6.07) is 5.37. The highest BCUT2D eigenvalue weighted by atomic mass is 16.2. The number of rotatable bonds is 2. The number of piperidine rings is 1. The van der Waals surface area contributed by atoms with Crippen LogP contribution in [0.1, 0.15) is 34.8 Å². The highest BCUT2D eigenvalue weighted by Gasteiger charge is 2.26. The molecule has 2 N–H and O–H groups in total. The summed E-state index contributed by atoms with van der Waals surface area (Å²) >= 11 is 0. The number of carbonyl (C=O) groups excluding carboxylic acids is 1.